The minimum Gasteiger partial charge on any atom is -0.394 e. The number of ether oxygens (including phenoxy) is 2. The second-order valence-corrected chi connectivity index (χ2v) is 7.19. The zero-order chi connectivity index (χ0) is 18.8. The fraction of sp³-hybridized carbons (Fsp3) is 0.684. The molecule has 0 amide bonds. The molecular weight excluding hydrogens is 347 g/mol. The standard InChI is InChI=1S/C19H26F3NO3/c1-25-18-6-5-16(26-10-9-24)12-17(18)23(8-7-18)13-14-3-2-4-15(11-14)19(20,21)22/h2-4,11,16-17,24H,5-10,12-13H2,1H3/t16-,17-,18+/m0/s1. The lowest BCUT2D eigenvalue weighted by atomic mass is 9.79. The van der Waals surface area contributed by atoms with Crippen LogP contribution in [-0.4, -0.2) is 54.6 Å². The fourth-order valence-corrected chi connectivity index (χ4v) is 4.40. The molecule has 1 aliphatic carbocycles. The fourth-order valence-electron chi connectivity index (χ4n) is 4.40. The van der Waals surface area contributed by atoms with Crippen LogP contribution in [-0.2, 0) is 22.2 Å². The van der Waals surface area contributed by atoms with Crippen molar-refractivity contribution in [3.05, 3.63) is 35.4 Å². The number of alkyl halides is 3. The van der Waals surface area contributed by atoms with E-state index in [1.807, 2.05) is 0 Å². The number of methoxy groups -OCH3 is 1. The van der Waals surface area contributed by atoms with Crippen molar-refractivity contribution in [3.63, 3.8) is 0 Å². The number of hydrogen-bond acceptors (Lipinski definition) is 4. The normalized spacial score (nSPS) is 29.7. The molecule has 1 aromatic rings. The molecule has 0 radical (unpaired) electrons. The van der Waals surface area contributed by atoms with E-state index in [1.54, 1.807) is 13.2 Å². The lowest BCUT2D eigenvalue weighted by molar-refractivity contribution is -0.137. The van der Waals surface area contributed by atoms with Crippen LogP contribution < -0.4 is 0 Å². The Labute approximate surface area is 151 Å². The van der Waals surface area contributed by atoms with E-state index in [-0.39, 0.29) is 24.4 Å². The van der Waals surface area contributed by atoms with E-state index >= 15 is 0 Å². The number of hydrogen-bond donors (Lipinski definition) is 1. The Balaban J connectivity index is 1.74. The molecule has 3 atom stereocenters. The zero-order valence-corrected chi connectivity index (χ0v) is 15.0. The SMILES string of the molecule is CO[C@@]12CC[C@H](OCCO)C[C@@H]1N(Cc1cccc(C(F)(F)F)c1)CC2. The number of likely N-dealkylation sites (tertiary alicyclic amines) is 1. The molecule has 2 aliphatic rings. The van der Waals surface area contributed by atoms with Crippen molar-refractivity contribution >= 4 is 0 Å². The number of rotatable bonds is 6. The minimum absolute atomic E-state index is 0.00939. The van der Waals surface area contributed by atoms with E-state index in [0.717, 1.165) is 38.3 Å². The van der Waals surface area contributed by atoms with Gasteiger partial charge in [0.15, 0.2) is 0 Å². The first-order chi connectivity index (χ1) is 12.4. The zero-order valence-electron chi connectivity index (χ0n) is 15.0. The maximum atomic E-state index is 13.0. The molecule has 146 valence electrons. The van der Waals surface area contributed by atoms with Crippen LogP contribution in [0.5, 0.6) is 0 Å². The molecule has 1 N–H and O–H groups in total. The largest absolute Gasteiger partial charge is 0.416 e. The highest BCUT2D eigenvalue weighted by atomic mass is 19.4. The molecule has 1 aliphatic heterocycles. The number of fused-ring (bicyclic) bond motifs is 1. The summed E-state index contributed by atoms with van der Waals surface area (Å²) in [7, 11) is 1.72. The first-order valence-corrected chi connectivity index (χ1v) is 9.06. The number of nitrogens with zero attached hydrogens (tertiary/aromatic N) is 1. The molecule has 1 heterocycles. The Morgan fingerprint density at radius 1 is 1.31 bits per heavy atom. The molecule has 26 heavy (non-hydrogen) atoms. The van der Waals surface area contributed by atoms with Gasteiger partial charge in [-0.3, -0.25) is 4.90 Å². The third kappa shape index (κ3) is 4.06. The molecule has 0 spiro atoms. The molecule has 4 nitrogen and oxygen atoms in total. The van der Waals surface area contributed by atoms with Crippen LogP contribution in [0.4, 0.5) is 13.2 Å². The van der Waals surface area contributed by atoms with Crippen LogP contribution >= 0.6 is 0 Å². The van der Waals surface area contributed by atoms with Crippen LogP contribution in [0.1, 0.15) is 36.8 Å². The van der Waals surface area contributed by atoms with Crippen molar-refractivity contribution in [2.24, 2.45) is 0 Å². The topological polar surface area (TPSA) is 41.9 Å². The monoisotopic (exact) mass is 373 g/mol. The average molecular weight is 373 g/mol. The van der Waals surface area contributed by atoms with Crippen molar-refractivity contribution < 1.29 is 27.8 Å². The van der Waals surface area contributed by atoms with Gasteiger partial charge in [0.05, 0.1) is 30.5 Å². The van der Waals surface area contributed by atoms with Crippen LogP contribution in [0.2, 0.25) is 0 Å². The smallest absolute Gasteiger partial charge is 0.394 e. The van der Waals surface area contributed by atoms with Gasteiger partial charge in [-0.05, 0) is 37.3 Å². The molecule has 0 aromatic heterocycles. The number of aliphatic hydroxyl groups is 1. The highest BCUT2D eigenvalue weighted by molar-refractivity contribution is 5.26. The van der Waals surface area contributed by atoms with E-state index in [2.05, 4.69) is 4.90 Å². The molecule has 0 unspecified atom stereocenters. The Kier molecular flexibility index (Phi) is 5.91. The summed E-state index contributed by atoms with van der Waals surface area (Å²) in [5.74, 6) is 0. The summed E-state index contributed by atoms with van der Waals surface area (Å²) >= 11 is 0. The van der Waals surface area contributed by atoms with Crippen LogP contribution in [0.3, 0.4) is 0 Å². The van der Waals surface area contributed by atoms with E-state index in [1.165, 1.54) is 12.1 Å². The average Bonchev–Trinajstić information content (AvgIpc) is 2.98. The van der Waals surface area contributed by atoms with E-state index < -0.39 is 11.7 Å². The number of benzene rings is 1. The molecule has 7 heteroatoms. The maximum Gasteiger partial charge on any atom is 0.416 e. The van der Waals surface area contributed by atoms with Crippen molar-refractivity contribution in [3.8, 4) is 0 Å². The van der Waals surface area contributed by atoms with Gasteiger partial charge in [-0.2, -0.15) is 13.2 Å². The van der Waals surface area contributed by atoms with Gasteiger partial charge in [0.1, 0.15) is 0 Å². The summed E-state index contributed by atoms with van der Waals surface area (Å²) in [5, 5.41) is 8.97. The summed E-state index contributed by atoms with van der Waals surface area (Å²) in [4.78, 5) is 2.22. The summed E-state index contributed by atoms with van der Waals surface area (Å²) < 4.78 is 50.5. The quantitative estimate of drug-likeness (QED) is 0.831. The van der Waals surface area contributed by atoms with E-state index in [4.69, 9.17) is 14.6 Å². The Morgan fingerprint density at radius 3 is 2.81 bits per heavy atom. The number of aliphatic hydroxyl groups excluding tert-OH is 1. The van der Waals surface area contributed by atoms with Gasteiger partial charge in [0, 0.05) is 26.2 Å². The predicted molar refractivity (Wildman–Crippen MR) is 90.7 cm³/mol. The summed E-state index contributed by atoms with van der Waals surface area (Å²) in [5.41, 5.74) is -0.203. The maximum absolute atomic E-state index is 13.0. The van der Waals surface area contributed by atoms with Gasteiger partial charge in [-0.15, -0.1) is 0 Å². The molecule has 2 fully saturated rings. The Bertz CT molecular complexity index is 610. The van der Waals surface area contributed by atoms with Gasteiger partial charge >= 0.3 is 6.18 Å². The van der Waals surface area contributed by atoms with Gasteiger partial charge in [-0.25, -0.2) is 0 Å². The lowest BCUT2D eigenvalue weighted by Crippen LogP contribution is -2.51. The molecular formula is C19H26F3NO3. The van der Waals surface area contributed by atoms with E-state index in [0.29, 0.717) is 18.7 Å². The first-order valence-electron chi connectivity index (χ1n) is 9.06. The Morgan fingerprint density at radius 2 is 2.12 bits per heavy atom. The molecule has 1 saturated heterocycles. The van der Waals surface area contributed by atoms with Crippen molar-refractivity contribution in [1.82, 2.24) is 4.90 Å². The molecule has 0 bridgehead atoms. The molecule has 1 aromatic carbocycles. The molecule has 1 saturated carbocycles. The molecule has 3 rings (SSSR count). The van der Waals surface area contributed by atoms with Crippen molar-refractivity contribution in [2.45, 2.75) is 56.2 Å². The van der Waals surface area contributed by atoms with Gasteiger partial charge in [0.25, 0.3) is 0 Å². The van der Waals surface area contributed by atoms with Gasteiger partial charge in [-0.1, -0.05) is 18.2 Å². The summed E-state index contributed by atoms with van der Waals surface area (Å²) in [6.07, 6.45) is -0.888. The van der Waals surface area contributed by atoms with Crippen LogP contribution in [0.15, 0.2) is 24.3 Å². The second kappa shape index (κ2) is 7.84. The van der Waals surface area contributed by atoms with Crippen molar-refractivity contribution in [2.75, 3.05) is 26.9 Å². The first kappa shape index (κ1) is 19.6. The van der Waals surface area contributed by atoms with Gasteiger partial charge in [0.2, 0.25) is 0 Å². The third-order valence-electron chi connectivity index (χ3n) is 5.74. The number of halogens is 3. The third-order valence-corrected chi connectivity index (χ3v) is 5.74. The van der Waals surface area contributed by atoms with Crippen LogP contribution in [0, 0.1) is 0 Å². The van der Waals surface area contributed by atoms with E-state index in [9.17, 15) is 13.2 Å². The summed E-state index contributed by atoms with van der Waals surface area (Å²) in [6.45, 7) is 1.56. The highest BCUT2D eigenvalue weighted by Gasteiger charge is 2.51. The lowest BCUT2D eigenvalue weighted by Gasteiger charge is -2.43. The second-order valence-electron chi connectivity index (χ2n) is 7.19. The summed E-state index contributed by atoms with van der Waals surface area (Å²) in [6, 6.07) is 5.65. The Hall–Kier alpha value is -1.15. The highest BCUT2D eigenvalue weighted by Crippen LogP contribution is 2.43. The minimum atomic E-state index is -4.33. The predicted octanol–water partition coefficient (Wildman–Crippen LogP) is 3.23. The van der Waals surface area contributed by atoms with Crippen molar-refractivity contribution in [1.29, 1.82) is 0 Å². The van der Waals surface area contributed by atoms with Gasteiger partial charge < -0.3 is 14.6 Å². The van der Waals surface area contributed by atoms with Crippen LogP contribution in [0.25, 0.3) is 0 Å².